The molecule has 11 nitrogen and oxygen atoms in total. The first-order valence-corrected chi connectivity index (χ1v) is 19.4. The minimum atomic E-state index is -3.23. The van der Waals surface area contributed by atoms with Crippen molar-refractivity contribution in [1.29, 1.82) is 0 Å². The van der Waals surface area contributed by atoms with E-state index in [1.165, 1.54) is 19.2 Å². The van der Waals surface area contributed by atoms with Crippen molar-refractivity contribution < 1.29 is 33.3 Å². The molecule has 4 atom stereocenters. The molecule has 2 aliphatic rings. The predicted octanol–water partition coefficient (Wildman–Crippen LogP) is 5.80. The number of hydrogen-bond acceptors (Lipinski definition) is 10. The van der Waals surface area contributed by atoms with Crippen LogP contribution in [-0.4, -0.2) is 62.7 Å². The van der Waals surface area contributed by atoms with Gasteiger partial charge in [0.2, 0.25) is 5.91 Å². The number of rotatable bonds is 8. The summed E-state index contributed by atoms with van der Waals surface area (Å²) in [6.45, 7) is 18.1. The van der Waals surface area contributed by atoms with E-state index >= 15 is 0 Å². The number of nitrogens with one attached hydrogen (secondary N) is 1. The van der Waals surface area contributed by atoms with Crippen LogP contribution in [0.25, 0.3) is 0 Å². The fourth-order valence-electron chi connectivity index (χ4n) is 5.87. The van der Waals surface area contributed by atoms with Crippen molar-refractivity contribution in [2.24, 2.45) is 0 Å². The van der Waals surface area contributed by atoms with Crippen molar-refractivity contribution in [3.05, 3.63) is 53.1 Å². The summed E-state index contributed by atoms with van der Waals surface area (Å²) < 4.78 is 50.7. The number of carbonyl (C=O) groups excluding carboxylic acids is 1. The number of ether oxygens (including phenoxy) is 3. The molecule has 0 spiro atoms. The number of benzene rings is 1. The number of thiocarbonyl (C=S) groups is 1. The molecule has 0 aliphatic carbocycles. The van der Waals surface area contributed by atoms with E-state index in [0.29, 0.717) is 5.75 Å². The zero-order valence-electron chi connectivity index (χ0n) is 27.9. The van der Waals surface area contributed by atoms with Crippen LogP contribution < -0.4 is 15.7 Å². The van der Waals surface area contributed by atoms with Crippen LogP contribution in [0.2, 0.25) is 22.2 Å². The van der Waals surface area contributed by atoms with Gasteiger partial charge in [0.05, 0.1) is 7.98 Å². The Balaban J connectivity index is 1.85. The van der Waals surface area contributed by atoms with Crippen molar-refractivity contribution in [3.8, 4) is 5.75 Å². The predicted molar refractivity (Wildman–Crippen MR) is 175 cm³/mol. The summed E-state index contributed by atoms with van der Waals surface area (Å²) >= 11 is 5.50. The molecule has 1 aromatic heterocycles. The number of carbonyl (C=O) groups is 1. The first-order valence-electron chi connectivity index (χ1n) is 15.6. The molecule has 242 valence electrons. The lowest BCUT2D eigenvalue weighted by atomic mass is 10.1. The second kappa shape index (κ2) is 13.9. The summed E-state index contributed by atoms with van der Waals surface area (Å²) in [5.74, 6) is 0.101. The lowest BCUT2D eigenvalue weighted by Gasteiger charge is -2.51. The summed E-state index contributed by atoms with van der Waals surface area (Å²) in [6, 6.07) is 10.3. The van der Waals surface area contributed by atoms with Crippen molar-refractivity contribution in [3.63, 3.8) is 0 Å². The van der Waals surface area contributed by atoms with Crippen LogP contribution >= 0.6 is 12.2 Å². The summed E-state index contributed by atoms with van der Waals surface area (Å²) in [4.78, 5) is 29.0. The van der Waals surface area contributed by atoms with E-state index < -0.39 is 47.3 Å². The third-order valence-electron chi connectivity index (χ3n) is 8.02. The molecule has 1 N–H and O–H groups in total. The average Bonchev–Trinajstić information content (AvgIpc) is 3.17. The SMILES string of the molecule is [2H][C@]1(OC(=S)Oc2ccccc2)[C@@H]2O[Si](C(C)C)(C(C)C)O[Si](C(C)C)(C(C)C)OC[C@H]2O[C@H]1n1ccc(NC(C)=O)nc1=O. The van der Waals surface area contributed by atoms with E-state index in [-0.39, 0.29) is 45.7 Å². The van der Waals surface area contributed by atoms with Crippen LogP contribution in [0, 0.1) is 0 Å². The highest BCUT2D eigenvalue weighted by Crippen LogP contribution is 2.48. The Hall–Kier alpha value is -2.47. The molecule has 1 amide bonds. The Morgan fingerprint density at radius 2 is 1.66 bits per heavy atom. The van der Waals surface area contributed by atoms with Crippen molar-refractivity contribution in [1.82, 2.24) is 9.55 Å². The van der Waals surface area contributed by atoms with Gasteiger partial charge < -0.3 is 32.5 Å². The highest BCUT2D eigenvalue weighted by molar-refractivity contribution is 7.79. The maximum Gasteiger partial charge on any atom is 0.358 e. The molecular weight excluding hydrogens is 619 g/mol. The van der Waals surface area contributed by atoms with Gasteiger partial charge in [0.1, 0.15) is 23.8 Å². The number of nitrogens with zero attached hydrogens (tertiary/aromatic N) is 2. The van der Waals surface area contributed by atoms with Crippen LogP contribution in [-0.2, 0) is 27.2 Å². The molecule has 14 heteroatoms. The Morgan fingerprint density at radius 3 is 2.20 bits per heavy atom. The molecule has 4 rings (SSSR count). The fraction of sp³-hybridized carbons (Fsp3) is 0.600. The summed E-state index contributed by atoms with van der Waals surface area (Å²) in [5.41, 5.74) is -0.660. The Kier molecular flexibility index (Phi) is 10.4. The fourth-order valence-corrected chi connectivity index (χ4v) is 17.2. The van der Waals surface area contributed by atoms with Crippen LogP contribution in [0.5, 0.6) is 5.75 Å². The molecule has 1 aromatic carbocycles. The second-order valence-corrected chi connectivity index (χ2v) is 21.6. The lowest BCUT2D eigenvalue weighted by Crippen LogP contribution is -2.66. The smallest absolute Gasteiger partial charge is 0.358 e. The zero-order chi connectivity index (χ0) is 33.3. The molecule has 2 aromatic rings. The van der Waals surface area contributed by atoms with Gasteiger partial charge in [-0.05, 0) is 40.4 Å². The number of amides is 1. The summed E-state index contributed by atoms with van der Waals surface area (Å²) in [5, 5.41) is 2.16. The number of anilines is 1. The highest BCUT2D eigenvalue weighted by Gasteiger charge is 2.62. The van der Waals surface area contributed by atoms with Gasteiger partial charge in [0, 0.05) is 25.3 Å². The first kappa shape index (κ1) is 32.9. The second-order valence-electron chi connectivity index (χ2n) is 12.4. The molecule has 2 aliphatic heterocycles. The minimum absolute atomic E-state index is 0.0404. The molecule has 2 saturated heterocycles. The van der Waals surface area contributed by atoms with E-state index in [4.69, 9.17) is 39.4 Å². The lowest BCUT2D eigenvalue weighted by molar-refractivity contribution is -0.114. The van der Waals surface area contributed by atoms with Crippen molar-refractivity contribution in [2.75, 3.05) is 11.9 Å². The molecule has 0 bridgehead atoms. The topological polar surface area (TPSA) is 119 Å². The van der Waals surface area contributed by atoms with E-state index in [2.05, 4.69) is 65.7 Å². The molecule has 44 heavy (non-hydrogen) atoms. The molecular formula is C30H45N3O8SSi2. The van der Waals surface area contributed by atoms with Gasteiger partial charge in [-0.3, -0.25) is 9.36 Å². The van der Waals surface area contributed by atoms with E-state index in [1.807, 2.05) is 6.07 Å². The van der Waals surface area contributed by atoms with Gasteiger partial charge in [-0.15, -0.1) is 0 Å². The standard InChI is InChI=1S/C30H45N3O8SSi2/c1-18(2)43(19(3)4)36-17-24-26(40-44(41-43,20(5)6)21(7)8)27(39-30(42)37-23-13-11-10-12-14-23)28(38-24)33-16-15-25(31-22(9)34)32-29(33)35/h10-16,18-21,24,26-28H,17H2,1-9H3,(H,31,32,34,35)/t24-,26-,27+,28-/m1/s1/i27D. The van der Waals surface area contributed by atoms with Gasteiger partial charge in [-0.2, -0.15) is 4.98 Å². The van der Waals surface area contributed by atoms with Gasteiger partial charge in [0.15, 0.2) is 12.3 Å². The number of aromatic nitrogens is 2. The average molecular weight is 665 g/mol. The third kappa shape index (κ3) is 7.01. The van der Waals surface area contributed by atoms with Crippen LogP contribution in [0.3, 0.4) is 0 Å². The largest absolute Gasteiger partial charge is 0.446 e. The minimum Gasteiger partial charge on any atom is -0.446 e. The maximum atomic E-state index is 13.4. The van der Waals surface area contributed by atoms with E-state index in [9.17, 15) is 11.0 Å². The quantitative estimate of drug-likeness (QED) is 0.274. The normalized spacial score (nSPS) is 26.6. The zero-order valence-corrected chi connectivity index (χ0v) is 29.7. The van der Waals surface area contributed by atoms with Crippen molar-refractivity contribution in [2.45, 2.75) is 109 Å². The van der Waals surface area contributed by atoms with Crippen LogP contribution in [0.1, 0.15) is 69.9 Å². The van der Waals surface area contributed by atoms with Crippen LogP contribution in [0.4, 0.5) is 5.82 Å². The Morgan fingerprint density at radius 1 is 1.05 bits per heavy atom. The van der Waals surface area contributed by atoms with E-state index in [1.54, 1.807) is 24.3 Å². The Labute approximate surface area is 268 Å². The maximum absolute atomic E-state index is 13.4. The Bertz CT molecular complexity index is 1410. The van der Waals surface area contributed by atoms with Gasteiger partial charge in [-0.1, -0.05) is 73.6 Å². The number of fused-ring (bicyclic) bond motifs is 1. The van der Waals surface area contributed by atoms with Crippen molar-refractivity contribution >= 4 is 46.3 Å². The van der Waals surface area contributed by atoms with Gasteiger partial charge >= 0.3 is 28.0 Å². The van der Waals surface area contributed by atoms with Crippen LogP contribution in [0.15, 0.2) is 47.4 Å². The molecule has 0 unspecified atom stereocenters. The third-order valence-corrected chi connectivity index (χ3v) is 18.4. The van der Waals surface area contributed by atoms with Gasteiger partial charge in [0.25, 0.3) is 0 Å². The summed E-state index contributed by atoms with van der Waals surface area (Å²) in [6.07, 6.45) is -4.04. The monoisotopic (exact) mass is 664 g/mol. The first-order chi connectivity index (χ1) is 21.1. The number of hydrogen-bond donors (Lipinski definition) is 1. The summed E-state index contributed by atoms with van der Waals surface area (Å²) in [7, 11) is -6.15. The van der Waals surface area contributed by atoms with Gasteiger partial charge in [-0.25, -0.2) is 4.79 Å². The molecule has 2 fully saturated rings. The number of para-hydroxylation sites is 1. The highest BCUT2D eigenvalue weighted by atomic mass is 32.1. The molecule has 0 saturated carbocycles. The molecule has 0 radical (unpaired) electrons. The van der Waals surface area contributed by atoms with E-state index in [0.717, 1.165) is 4.57 Å². The molecule has 3 heterocycles.